The number of aryl methyl sites for hydroxylation is 12. The quantitative estimate of drug-likeness (QED) is 0.128. The number of benzene rings is 12. The molecule has 654 valence electrons. The molecule has 0 saturated heterocycles. The Balaban J connectivity index is 0.0000000809. The van der Waals surface area contributed by atoms with Crippen LogP contribution in [-0.2, 0) is 94.9 Å². The lowest BCUT2D eigenvalue weighted by molar-refractivity contribution is -0.657. The molecule has 0 atom stereocenters. The molecular formula is C122H111N12+5. The predicted molar refractivity (Wildman–Crippen MR) is 545 cm³/mol. The molecule has 0 fully saturated rings. The Morgan fingerprint density at radius 3 is 1.27 bits per heavy atom. The summed E-state index contributed by atoms with van der Waals surface area (Å²) in [4.78, 5) is 5.34. The second-order valence-electron chi connectivity index (χ2n) is 43.3. The molecule has 9 aliphatic heterocycles. The van der Waals surface area contributed by atoms with Crippen molar-refractivity contribution in [3.8, 4) is 22.5 Å². The fraction of sp³-hybridized carbons (Fsp3) is 0.287. The molecule has 10 aromatic heterocycles. The predicted octanol–water partition coefficient (Wildman–Crippen LogP) is 23.8. The third kappa shape index (κ3) is 10.4. The van der Waals surface area contributed by atoms with Crippen LogP contribution in [0, 0.1) is 27.7 Å². The first kappa shape index (κ1) is 76.8. The molecule has 22 aromatic rings. The van der Waals surface area contributed by atoms with Crippen molar-refractivity contribution in [2.45, 2.75) is 202 Å². The third-order valence-electron chi connectivity index (χ3n) is 34.6. The highest BCUT2D eigenvalue weighted by molar-refractivity contribution is 6.20. The van der Waals surface area contributed by atoms with Gasteiger partial charge >= 0.3 is 0 Å². The molecule has 12 heteroatoms. The highest BCUT2D eigenvalue weighted by Gasteiger charge is 2.45. The van der Waals surface area contributed by atoms with Crippen molar-refractivity contribution in [3.63, 3.8) is 0 Å². The number of hydrogen-bond acceptors (Lipinski definition) is 2. The Morgan fingerprint density at radius 1 is 0.269 bits per heavy atom. The highest BCUT2D eigenvalue weighted by atomic mass is 15.2. The van der Waals surface area contributed by atoms with Crippen molar-refractivity contribution in [2.24, 2.45) is 0 Å². The number of pyridine rings is 5. The average molecular weight is 1750 g/mol. The molecule has 12 aromatic carbocycles. The summed E-state index contributed by atoms with van der Waals surface area (Å²) in [5, 5.41) is 21.9. The standard InChI is InChI=1S/C31H31N2.C30H28N3.C22H20N3.C20H17N2.C19H15N2/c1-18-9-7-10-19(2)27(18)26-16-32-15-20-11-8-12-21-22-13-23-24(31(5,6)17-30(23,3)4)14-25(22)33(26)29(32)28(20)21;1-18-7-3-8-19(2)26(18)25-17-32-16-21-9-4-11-22-27(21)30(32)33(25)24-15-20-10-5-13-31-14-6-12-23(28(22)24)29(20)31;1-4-15-13-24-10-11-25-18-12-14-5-2-8-23-9-3-7-17(21(14)23)20(18)16(6-1)19(15)22(24)25;1-2-6-15-13(5-1)11-14-12-21-9-10-22-17-8-4-3-7-16(17)19(15)18(14)20(21)22;1-3-12-9-16-15-6-2-5-14-11-20-7-8-21(19(20)18(14)15)17(16)10-13(12)4-1/h7-14,16H,15,17H2,1-6H3;3-4,7-9,11,15,17H,5-6,10,12-14,16H2,1-2H3;1,4,6,10-12H,2-3,5,7-9,13H2;3-4,7-11H,1-2,5-6,12H2;2,5-10H,1,3-4,11H2/q5*+1. The molecule has 34 rings (SSSR count). The molecular weight excluding hydrogens is 1630 g/mol. The van der Waals surface area contributed by atoms with E-state index in [4.69, 9.17) is 0 Å². The summed E-state index contributed by atoms with van der Waals surface area (Å²) >= 11 is 0. The van der Waals surface area contributed by atoms with Gasteiger partial charge in [0.2, 0.25) is 0 Å². The van der Waals surface area contributed by atoms with E-state index in [-0.39, 0.29) is 10.8 Å². The Morgan fingerprint density at radius 2 is 0.679 bits per heavy atom. The number of aromatic nitrogens is 10. The molecule has 0 N–H and O–H groups in total. The number of para-hydroxylation sites is 1. The number of anilines is 2. The lowest BCUT2D eigenvalue weighted by atomic mass is 9.82. The van der Waals surface area contributed by atoms with Crippen LogP contribution in [0.2, 0.25) is 0 Å². The van der Waals surface area contributed by atoms with Gasteiger partial charge in [-0.3, -0.25) is 0 Å². The minimum atomic E-state index is 0.179. The van der Waals surface area contributed by atoms with Gasteiger partial charge in [-0.15, -0.1) is 0 Å². The lowest BCUT2D eigenvalue weighted by Crippen LogP contribution is -2.34. The molecule has 0 bridgehead atoms. The summed E-state index contributed by atoms with van der Waals surface area (Å²) in [6, 6.07) is 67.4. The maximum absolute atomic E-state index is 2.68. The van der Waals surface area contributed by atoms with Gasteiger partial charge in [0, 0.05) is 130 Å². The van der Waals surface area contributed by atoms with Crippen molar-refractivity contribution >= 4 is 148 Å². The number of nitrogens with zero attached hydrogens (tertiary/aromatic N) is 12. The van der Waals surface area contributed by atoms with E-state index in [0.29, 0.717) is 0 Å². The highest BCUT2D eigenvalue weighted by Crippen LogP contribution is 2.54. The van der Waals surface area contributed by atoms with E-state index in [2.05, 4.69) is 336 Å². The van der Waals surface area contributed by atoms with E-state index < -0.39 is 0 Å². The lowest BCUT2D eigenvalue weighted by Gasteiger charge is -2.37. The zero-order valence-electron chi connectivity index (χ0n) is 78.4. The zero-order valence-corrected chi connectivity index (χ0v) is 78.4. The summed E-state index contributed by atoms with van der Waals surface area (Å²) in [6.45, 7) is 28.6. The van der Waals surface area contributed by atoms with Crippen LogP contribution >= 0.6 is 0 Å². The second-order valence-corrected chi connectivity index (χ2v) is 43.3. The molecule has 134 heavy (non-hydrogen) atoms. The third-order valence-corrected chi connectivity index (χ3v) is 34.6. The normalized spacial score (nSPS) is 16.9. The smallest absolute Gasteiger partial charge is 0.295 e. The molecule has 0 unspecified atom stereocenters. The van der Waals surface area contributed by atoms with Gasteiger partial charge in [0.15, 0.2) is 11.4 Å². The molecule has 0 spiro atoms. The van der Waals surface area contributed by atoms with Crippen molar-refractivity contribution < 1.29 is 22.8 Å². The van der Waals surface area contributed by atoms with E-state index in [9.17, 15) is 0 Å². The van der Waals surface area contributed by atoms with Gasteiger partial charge in [-0.2, -0.15) is 22.0 Å². The van der Waals surface area contributed by atoms with Gasteiger partial charge in [0.05, 0.1) is 26.9 Å². The van der Waals surface area contributed by atoms with E-state index >= 15 is 0 Å². The van der Waals surface area contributed by atoms with Gasteiger partial charge in [0.25, 0.3) is 28.2 Å². The Kier molecular flexibility index (Phi) is 15.8. The van der Waals surface area contributed by atoms with Crippen molar-refractivity contribution in [2.75, 3.05) is 36.0 Å². The molecule has 12 aliphatic rings. The molecule has 3 aliphatic carbocycles. The SMILES string of the molecule is Cc1cccc(C)c1-c1c[n+]2c3c4c(cccc4c4c5c6c(cc4n13)CCCN6CCC5)C2.Cc1cccc(C)c1-c1c[n+]2c3c4c(cccc4c4cc5c(cc4n13)C(C)(C)CC5(C)C)C2.c1cc2c3c(c1)c1c4c5c(cc1n1cc[n+](c31)C2)CCCN5CCC4.c1cc2c3c(c1)c1cc4c(cc1n1cc[n+](c31)C2)CCC4.c1ccc2c(c1)c1c3c(cc4c1c1n2cc[n+]1C4)CCCC3. The van der Waals surface area contributed by atoms with E-state index in [1.807, 2.05) is 0 Å². The zero-order chi connectivity index (χ0) is 88.6. The van der Waals surface area contributed by atoms with Crippen molar-refractivity contribution in [1.82, 2.24) is 22.0 Å². The largest absolute Gasteiger partial charge is 0.371 e. The molecule has 12 nitrogen and oxygen atoms in total. The van der Waals surface area contributed by atoms with E-state index in [1.165, 1.54) is 344 Å². The Hall–Kier alpha value is -13.7. The number of rotatable bonds is 2. The van der Waals surface area contributed by atoms with Crippen LogP contribution in [0.1, 0.15) is 185 Å². The van der Waals surface area contributed by atoms with Gasteiger partial charge in [-0.05, 0) is 262 Å². The fourth-order valence-electron chi connectivity index (χ4n) is 29.5. The minimum absolute atomic E-state index is 0.179. The number of hydrogen-bond donors (Lipinski definition) is 0. The van der Waals surface area contributed by atoms with Crippen molar-refractivity contribution in [1.29, 1.82) is 0 Å². The second kappa shape index (κ2) is 27.5. The first-order valence-corrected chi connectivity index (χ1v) is 50.4. The molecule has 19 heterocycles. The van der Waals surface area contributed by atoms with Crippen LogP contribution in [0.4, 0.5) is 11.4 Å². The van der Waals surface area contributed by atoms with Crippen LogP contribution in [0.3, 0.4) is 0 Å². The van der Waals surface area contributed by atoms with Crippen LogP contribution < -0.4 is 32.6 Å². The first-order valence-electron chi connectivity index (χ1n) is 50.4. The van der Waals surface area contributed by atoms with E-state index in [0.717, 1.165) is 32.7 Å². The Bertz CT molecular complexity index is 9160. The van der Waals surface area contributed by atoms with Gasteiger partial charge < -0.3 is 9.80 Å². The van der Waals surface area contributed by atoms with Crippen LogP contribution in [0.25, 0.3) is 159 Å². The van der Waals surface area contributed by atoms with Gasteiger partial charge in [-0.1, -0.05) is 161 Å². The molecule has 0 saturated carbocycles. The first-order chi connectivity index (χ1) is 65.6. The van der Waals surface area contributed by atoms with Gasteiger partial charge in [-0.25, -0.2) is 22.8 Å². The average Bonchev–Trinajstić information content (AvgIpc) is 1.43. The molecule has 0 amide bonds. The van der Waals surface area contributed by atoms with Crippen LogP contribution in [0.15, 0.2) is 225 Å². The summed E-state index contributed by atoms with van der Waals surface area (Å²) < 4.78 is 24.6. The summed E-state index contributed by atoms with van der Waals surface area (Å²) in [7, 11) is 0. The minimum Gasteiger partial charge on any atom is -0.371 e. The Labute approximate surface area is 779 Å². The number of imidazole rings is 5. The van der Waals surface area contributed by atoms with Gasteiger partial charge in [0.1, 0.15) is 110 Å². The van der Waals surface area contributed by atoms with Crippen LogP contribution in [-0.4, -0.2) is 48.2 Å². The van der Waals surface area contributed by atoms with E-state index in [1.54, 1.807) is 61.3 Å². The summed E-state index contributed by atoms with van der Waals surface area (Å²) in [6.07, 6.45) is 38.4. The van der Waals surface area contributed by atoms with Crippen molar-refractivity contribution in [3.05, 3.63) is 331 Å². The summed E-state index contributed by atoms with van der Waals surface area (Å²) in [5.74, 6) is 0. The molecule has 0 radical (unpaired) electrons. The number of fused-ring (bicyclic) bond motifs is 21. The maximum atomic E-state index is 2.68. The fourth-order valence-corrected chi connectivity index (χ4v) is 29.5. The summed E-state index contributed by atoms with van der Waals surface area (Å²) in [5.41, 5.74) is 51.2. The maximum Gasteiger partial charge on any atom is 0.295 e. The topological polar surface area (TPSA) is 47.9 Å². The monoisotopic (exact) mass is 1740 g/mol. The van der Waals surface area contributed by atoms with Crippen LogP contribution in [0.5, 0.6) is 0 Å².